The first kappa shape index (κ1) is 22.2. The fourth-order valence-corrected chi connectivity index (χ4v) is 3.54. The summed E-state index contributed by atoms with van der Waals surface area (Å²) >= 11 is 0. The lowest BCUT2D eigenvalue weighted by Crippen LogP contribution is -2.21. The zero-order valence-electron chi connectivity index (χ0n) is 19.3. The molecule has 0 bridgehead atoms. The Balaban J connectivity index is 2.59. The number of aliphatic imine (C=N–C) groups is 1. The fourth-order valence-electron chi connectivity index (χ4n) is 3.54. The Bertz CT molecular complexity index is 836. The number of aryl methyl sites for hydroxylation is 2. The number of nitrogens with one attached hydrogen (secondary N) is 1. The van der Waals surface area contributed by atoms with Gasteiger partial charge in [0.15, 0.2) is 0 Å². The molecule has 1 N–H and O–H groups in total. The van der Waals surface area contributed by atoms with Gasteiger partial charge in [0.05, 0.1) is 5.69 Å². The van der Waals surface area contributed by atoms with Crippen LogP contribution in [0.25, 0.3) is 0 Å². The Kier molecular flexibility index (Phi) is 7.09. The Morgan fingerprint density at radius 2 is 1.39 bits per heavy atom. The van der Waals surface area contributed by atoms with Crippen LogP contribution < -0.4 is 5.32 Å². The van der Waals surface area contributed by atoms with E-state index in [2.05, 4.69) is 104 Å². The number of anilines is 1. The maximum absolute atomic E-state index is 5.21. The minimum atomic E-state index is 0.146. The number of hydrogen-bond acceptors (Lipinski definition) is 1. The zero-order chi connectivity index (χ0) is 21.1. The molecule has 0 heterocycles. The van der Waals surface area contributed by atoms with Gasteiger partial charge in [-0.3, -0.25) is 0 Å². The van der Waals surface area contributed by atoms with E-state index in [1.807, 2.05) is 0 Å². The van der Waals surface area contributed by atoms with Gasteiger partial charge in [-0.25, -0.2) is 4.99 Å². The molecule has 2 rings (SSSR count). The number of nitrogens with zero attached hydrogens (tertiary/aromatic N) is 1. The molecule has 2 aromatic rings. The monoisotopic (exact) mass is 378 g/mol. The van der Waals surface area contributed by atoms with Gasteiger partial charge in [0.25, 0.3) is 0 Å². The molecule has 0 saturated carbocycles. The third kappa shape index (κ3) is 5.70. The summed E-state index contributed by atoms with van der Waals surface area (Å²) in [5.74, 6) is 1.95. The van der Waals surface area contributed by atoms with E-state index in [0.717, 1.165) is 17.9 Å². The van der Waals surface area contributed by atoms with Crippen LogP contribution in [0.5, 0.6) is 0 Å². The lowest BCUT2D eigenvalue weighted by atomic mass is 9.91. The average Bonchev–Trinajstić information content (AvgIpc) is 2.56. The molecule has 2 nitrogen and oxygen atoms in total. The molecule has 0 aliphatic rings. The third-order valence-electron chi connectivity index (χ3n) is 5.03. The molecule has 0 unspecified atom stereocenters. The molecule has 0 aliphatic carbocycles. The summed E-state index contributed by atoms with van der Waals surface area (Å²) in [5.41, 5.74) is 7.62. The molecule has 0 amide bonds. The van der Waals surface area contributed by atoms with Gasteiger partial charge in [-0.05, 0) is 53.4 Å². The molecule has 0 fully saturated rings. The van der Waals surface area contributed by atoms with E-state index in [1.54, 1.807) is 0 Å². The quantitative estimate of drug-likeness (QED) is 0.412. The standard InChI is InChI=1S/C26H38N2/c1-17(2)21-14-10-12-19(5)24(21)27-23(16-26(7,8)9)28-25-20(6)13-11-15-22(25)18(3)4/h10-15,17-18H,16H2,1-9H3,(H,27,28). The highest BCUT2D eigenvalue weighted by Crippen LogP contribution is 2.33. The highest BCUT2D eigenvalue weighted by Gasteiger charge is 2.19. The highest BCUT2D eigenvalue weighted by atomic mass is 15.0. The number of hydrogen-bond donors (Lipinski definition) is 1. The van der Waals surface area contributed by atoms with Gasteiger partial charge in [0.2, 0.25) is 0 Å². The van der Waals surface area contributed by atoms with Gasteiger partial charge in [-0.1, -0.05) is 84.9 Å². The lowest BCUT2D eigenvalue weighted by molar-refractivity contribution is 0.433. The molecular weight excluding hydrogens is 340 g/mol. The van der Waals surface area contributed by atoms with Crippen molar-refractivity contribution in [3.05, 3.63) is 58.7 Å². The predicted molar refractivity (Wildman–Crippen MR) is 125 cm³/mol. The van der Waals surface area contributed by atoms with Crippen LogP contribution in [0.4, 0.5) is 11.4 Å². The highest BCUT2D eigenvalue weighted by molar-refractivity contribution is 5.99. The first-order valence-corrected chi connectivity index (χ1v) is 10.5. The second kappa shape index (κ2) is 8.94. The molecule has 0 radical (unpaired) electrons. The molecule has 0 aromatic heterocycles. The van der Waals surface area contributed by atoms with Crippen LogP contribution in [0.15, 0.2) is 41.4 Å². The second-order valence-corrected chi connectivity index (χ2v) is 9.78. The summed E-state index contributed by atoms with van der Waals surface area (Å²) in [6, 6.07) is 13.1. The topological polar surface area (TPSA) is 24.4 Å². The average molecular weight is 379 g/mol. The summed E-state index contributed by atoms with van der Waals surface area (Å²) in [6.07, 6.45) is 0.894. The number of para-hydroxylation sites is 2. The molecule has 2 aromatic carbocycles. The van der Waals surface area contributed by atoms with E-state index in [-0.39, 0.29) is 5.41 Å². The Morgan fingerprint density at radius 3 is 1.93 bits per heavy atom. The Morgan fingerprint density at radius 1 is 0.857 bits per heavy atom. The van der Waals surface area contributed by atoms with Crippen LogP contribution in [0, 0.1) is 19.3 Å². The minimum Gasteiger partial charge on any atom is -0.343 e. The van der Waals surface area contributed by atoms with Gasteiger partial charge in [0, 0.05) is 12.1 Å². The van der Waals surface area contributed by atoms with Crippen LogP contribution in [0.2, 0.25) is 0 Å². The van der Waals surface area contributed by atoms with E-state index in [9.17, 15) is 0 Å². The van der Waals surface area contributed by atoms with Crippen LogP contribution >= 0.6 is 0 Å². The van der Waals surface area contributed by atoms with E-state index in [4.69, 9.17) is 4.99 Å². The van der Waals surface area contributed by atoms with Crippen molar-refractivity contribution in [1.82, 2.24) is 0 Å². The predicted octanol–water partition coefficient (Wildman–Crippen LogP) is 8.13. The van der Waals surface area contributed by atoms with E-state index < -0.39 is 0 Å². The smallest absolute Gasteiger partial charge is 0.107 e. The zero-order valence-corrected chi connectivity index (χ0v) is 19.3. The van der Waals surface area contributed by atoms with Crippen molar-refractivity contribution < 1.29 is 0 Å². The van der Waals surface area contributed by atoms with Crippen molar-refractivity contribution in [3.63, 3.8) is 0 Å². The molecule has 0 aliphatic heterocycles. The van der Waals surface area contributed by atoms with Crippen molar-refractivity contribution in [2.75, 3.05) is 5.32 Å². The summed E-state index contributed by atoms with van der Waals surface area (Å²) in [5, 5.41) is 3.75. The van der Waals surface area contributed by atoms with Gasteiger partial charge >= 0.3 is 0 Å². The fraction of sp³-hybridized carbons (Fsp3) is 0.500. The second-order valence-electron chi connectivity index (χ2n) is 9.78. The van der Waals surface area contributed by atoms with Crippen molar-refractivity contribution in [2.24, 2.45) is 10.4 Å². The van der Waals surface area contributed by atoms with Crippen LogP contribution in [0.1, 0.15) is 89.0 Å². The van der Waals surface area contributed by atoms with Crippen molar-refractivity contribution in [1.29, 1.82) is 0 Å². The number of amidine groups is 1. The van der Waals surface area contributed by atoms with Crippen molar-refractivity contribution >= 4 is 17.2 Å². The van der Waals surface area contributed by atoms with Gasteiger partial charge in [-0.15, -0.1) is 0 Å². The summed E-state index contributed by atoms with van der Waals surface area (Å²) in [4.78, 5) is 5.21. The summed E-state index contributed by atoms with van der Waals surface area (Å²) < 4.78 is 0. The normalized spacial score (nSPS) is 12.8. The van der Waals surface area contributed by atoms with E-state index in [0.29, 0.717) is 11.8 Å². The molecule has 152 valence electrons. The van der Waals surface area contributed by atoms with Crippen LogP contribution in [-0.2, 0) is 0 Å². The lowest BCUT2D eigenvalue weighted by Gasteiger charge is -2.24. The van der Waals surface area contributed by atoms with E-state index >= 15 is 0 Å². The van der Waals surface area contributed by atoms with Gasteiger partial charge in [-0.2, -0.15) is 0 Å². The molecule has 0 saturated heterocycles. The maximum atomic E-state index is 5.21. The molecule has 2 heteroatoms. The van der Waals surface area contributed by atoms with Crippen LogP contribution in [0.3, 0.4) is 0 Å². The van der Waals surface area contributed by atoms with Crippen LogP contribution in [-0.4, -0.2) is 5.84 Å². The first-order chi connectivity index (χ1) is 13.0. The van der Waals surface area contributed by atoms with Gasteiger partial charge < -0.3 is 5.32 Å². The summed E-state index contributed by atoms with van der Waals surface area (Å²) in [6.45, 7) is 20.1. The van der Waals surface area contributed by atoms with Crippen molar-refractivity contribution in [3.8, 4) is 0 Å². The van der Waals surface area contributed by atoms with Gasteiger partial charge in [0.1, 0.15) is 5.84 Å². The minimum absolute atomic E-state index is 0.146. The molecule has 28 heavy (non-hydrogen) atoms. The molecule has 0 spiro atoms. The molecular formula is C26H38N2. The van der Waals surface area contributed by atoms with Crippen molar-refractivity contribution in [2.45, 2.75) is 80.6 Å². The number of benzene rings is 2. The largest absolute Gasteiger partial charge is 0.343 e. The Labute approximate surface area is 172 Å². The third-order valence-corrected chi connectivity index (χ3v) is 5.03. The van der Waals surface area contributed by atoms with E-state index in [1.165, 1.54) is 27.9 Å². The molecule has 0 atom stereocenters. The Hall–Kier alpha value is -2.09. The number of rotatable bonds is 5. The SMILES string of the molecule is Cc1cccc(C(C)C)c1N=C(CC(C)(C)C)Nc1c(C)cccc1C(C)C. The summed E-state index contributed by atoms with van der Waals surface area (Å²) in [7, 11) is 0. The maximum Gasteiger partial charge on any atom is 0.107 e. The first-order valence-electron chi connectivity index (χ1n) is 10.5.